The predicted octanol–water partition coefficient (Wildman–Crippen LogP) is 13.8. The molecule has 0 N–H and O–H groups in total. The minimum absolute atomic E-state index is 0.168. The van der Waals surface area contributed by atoms with Gasteiger partial charge >= 0.3 is 0 Å². The van der Waals surface area contributed by atoms with Crippen LogP contribution in [-0.2, 0) is 6.42 Å². The van der Waals surface area contributed by atoms with Crippen LogP contribution in [0.3, 0.4) is 0 Å². The molecular weight excluding hydrogens is 655 g/mol. The van der Waals surface area contributed by atoms with Crippen LogP contribution in [0.2, 0.25) is 0 Å². The molecule has 2 unspecified atom stereocenters. The van der Waals surface area contributed by atoms with Crippen molar-refractivity contribution in [2.45, 2.75) is 18.8 Å². The van der Waals surface area contributed by atoms with E-state index in [2.05, 4.69) is 205 Å². The van der Waals surface area contributed by atoms with Crippen LogP contribution in [0.4, 0.5) is 17.1 Å². The topological polar surface area (TPSA) is 16.4 Å². The predicted molar refractivity (Wildman–Crippen MR) is 225 cm³/mol. The summed E-state index contributed by atoms with van der Waals surface area (Å²) in [6.45, 7) is 0. The van der Waals surface area contributed by atoms with Gasteiger partial charge in [0.05, 0.1) is 0 Å². The third-order valence-electron chi connectivity index (χ3n) is 11.2. The van der Waals surface area contributed by atoms with Gasteiger partial charge in [0.25, 0.3) is 0 Å². The Kier molecular flexibility index (Phi) is 8.15. The quantitative estimate of drug-likeness (QED) is 0.165. The van der Waals surface area contributed by atoms with E-state index >= 15 is 0 Å². The van der Waals surface area contributed by atoms with E-state index in [1.807, 2.05) is 0 Å². The molecule has 2 heteroatoms. The molecule has 54 heavy (non-hydrogen) atoms. The van der Waals surface area contributed by atoms with Gasteiger partial charge in [-0.15, -0.1) is 0 Å². The van der Waals surface area contributed by atoms with E-state index in [1.54, 1.807) is 0 Å². The van der Waals surface area contributed by atoms with Crippen LogP contribution < -0.4 is 4.90 Å². The maximum atomic E-state index is 6.85. The summed E-state index contributed by atoms with van der Waals surface area (Å²) in [5.41, 5.74) is 15.9. The third kappa shape index (κ3) is 5.77. The first-order valence-electron chi connectivity index (χ1n) is 19.0. The second-order valence-electron chi connectivity index (χ2n) is 14.3. The largest absolute Gasteiger partial charge is 0.459 e. The van der Waals surface area contributed by atoms with Crippen molar-refractivity contribution >= 4 is 34.3 Å². The molecule has 10 rings (SSSR count). The van der Waals surface area contributed by atoms with Crippen molar-refractivity contribution in [3.63, 3.8) is 0 Å². The van der Waals surface area contributed by atoms with Crippen molar-refractivity contribution in [3.05, 3.63) is 228 Å². The average molecular weight is 694 g/mol. The fraction of sp³-hybridized carbons (Fsp3) is 0.0769. The summed E-state index contributed by atoms with van der Waals surface area (Å²) in [5, 5.41) is 0. The number of nitrogens with zero attached hydrogens (tertiary/aromatic N) is 1. The molecule has 3 aliphatic rings. The van der Waals surface area contributed by atoms with E-state index in [0.717, 1.165) is 41.4 Å². The molecule has 2 atom stereocenters. The number of benzene rings is 6. The number of anilines is 3. The number of hydrogen-bond acceptors (Lipinski definition) is 2. The molecule has 0 spiro atoms. The number of para-hydroxylation sites is 1. The Labute approximate surface area is 317 Å². The number of hydrogen-bond donors (Lipinski definition) is 0. The fourth-order valence-corrected chi connectivity index (χ4v) is 8.49. The van der Waals surface area contributed by atoms with Gasteiger partial charge in [0.2, 0.25) is 0 Å². The molecule has 1 aromatic heterocycles. The van der Waals surface area contributed by atoms with Crippen molar-refractivity contribution in [1.29, 1.82) is 0 Å². The Morgan fingerprint density at radius 3 is 1.56 bits per heavy atom. The number of allylic oxidation sites excluding steroid dienone is 6. The van der Waals surface area contributed by atoms with E-state index in [1.165, 1.54) is 55.7 Å². The third-order valence-corrected chi connectivity index (χ3v) is 11.2. The van der Waals surface area contributed by atoms with E-state index in [-0.39, 0.29) is 11.8 Å². The first-order valence-corrected chi connectivity index (χ1v) is 19.0. The van der Waals surface area contributed by atoms with Gasteiger partial charge in [-0.05, 0) is 94.3 Å². The first-order chi connectivity index (χ1) is 26.8. The summed E-state index contributed by atoms with van der Waals surface area (Å²) in [5.74, 6) is 2.52. The number of fused-ring (bicyclic) bond motifs is 5. The smallest absolute Gasteiger partial charge is 0.138 e. The molecule has 258 valence electrons. The van der Waals surface area contributed by atoms with E-state index < -0.39 is 0 Å². The van der Waals surface area contributed by atoms with Crippen LogP contribution in [0.1, 0.15) is 46.1 Å². The summed E-state index contributed by atoms with van der Waals surface area (Å²) in [4.78, 5) is 2.34. The van der Waals surface area contributed by atoms with Crippen molar-refractivity contribution in [3.8, 4) is 22.3 Å². The lowest BCUT2D eigenvalue weighted by Crippen LogP contribution is -2.17. The molecule has 0 saturated heterocycles. The molecule has 1 heterocycles. The minimum Gasteiger partial charge on any atom is -0.459 e. The molecule has 0 fully saturated rings. The zero-order valence-electron chi connectivity index (χ0n) is 30.0. The summed E-state index contributed by atoms with van der Waals surface area (Å²) in [6.07, 6.45) is 15.8. The van der Waals surface area contributed by atoms with Gasteiger partial charge in [0, 0.05) is 45.6 Å². The van der Waals surface area contributed by atoms with Crippen LogP contribution >= 0.6 is 0 Å². The molecule has 6 aromatic carbocycles. The van der Waals surface area contributed by atoms with Crippen LogP contribution in [-0.4, -0.2) is 0 Å². The Hall–Kier alpha value is -6.64. The maximum absolute atomic E-state index is 6.85. The van der Waals surface area contributed by atoms with E-state index in [0.29, 0.717) is 0 Å². The highest BCUT2D eigenvalue weighted by atomic mass is 16.3. The summed E-state index contributed by atoms with van der Waals surface area (Å²) in [6, 6.07) is 58.8. The highest BCUT2D eigenvalue weighted by Gasteiger charge is 2.37. The molecule has 0 aliphatic heterocycles. The Balaban J connectivity index is 0.982. The second kappa shape index (κ2) is 13.7. The highest BCUT2D eigenvalue weighted by molar-refractivity contribution is 5.92. The van der Waals surface area contributed by atoms with E-state index in [9.17, 15) is 0 Å². The number of furan rings is 1. The lowest BCUT2D eigenvalue weighted by molar-refractivity contribution is 0.457. The van der Waals surface area contributed by atoms with E-state index in [4.69, 9.17) is 4.42 Å². The van der Waals surface area contributed by atoms with Crippen molar-refractivity contribution in [2.75, 3.05) is 4.90 Å². The number of rotatable bonds is 7. The van der Waals surface area contributed by atoms with Gasteiger partial charge in [-0.2, -0.15) is 0 Å². The zero-order valence-corrected chi connectivity index (χ0v) is 30.0. The first kappa shape index (κ1) is 32.0. The molecule has 3 aliphatic carbocycles. The van der Waals surface area contributed by atoms with Crippen LogP contribution in [0.15, 0.2) is 199 Å². The van der Waals surface area contributed by atoms with Gasteiger partial charge in [0.15, 0.2) is 0 Å². The van der Waals surface area contributed by atoms with Gasteiger partial charge in [0.1, 0.15) is 11.5 Å². The second-order valence-corrected chi connectivity index (χ2v) is 14.3. The standard InChI is InChI=1S/C52H39NO/c1-4-13-36(14-5-1)37-23-25-38(26-24-37)39-27-31-43(32-28-39)53(42-17-8-3-9-18-42)44-33-29-41(30-34-44)49-35-50-48-22-12-21-45(40-15-6-2-7-16-40)51(48)54-52(50)47-20-11-10-19-46(47)49/h1-11,13-21,23-35,46-47H,12,22H2. The fourth-order valence-electron chi connectivity index (χ4n) is 8.49. The molecule has 0 amide bonds. The minimum atomic E-state index is 0.168. The average Bonchev–Trinajstić information content (AvgIpc) is 3.64. The lowest BCUT2D eigenvalue weighted by Gasteiger charge is -2.30. The monoisotopic (exact) mass is 693 g/mol. The SMILES string of the molecule is C1=CC2C(c3ccc(N(c4ccccc4)c4ccc(-c5ccc(-c6ccccc6)cc5)cc4)cc3)=Cc3c(oc4c3CCC=C4c3ccccc3)C2C=C1. The van der Waals surface area contributed by atoms with Crippen molar-refractivity contribution < 1.29 is 4.42 Å². The van der Waals surface area contributed by atoms with Gasteiger partial charge in [-0.3, -0.25) is 0 Å². The van der Waals surface area contributed by atoms with Gasteiger partial charge in [-0.1, -0.05) is 158 Å². The Morgan fingerprint density at radius 1 is 0.463 bits per heavy atom. The van der Waals surface area contributed by atoms with Crippen molar-refractivity contribution in [2.24, 2.45) is 5.92 Å². The molecule has 0 radical (unpaired) electrons. The highest BCUT2D eigenvalue weighted by Crippen LogP contribution is 2.51. The normalized spacial score (nSPS) is 16.8. The molecule has 7 aromatic rings. The zero-order chi connectivity index (χ0) is 35.8. The molecular formula is C52H39NO. The molecule has 2 nitrogen and oxygen atoms in total. The molecule has 0 bridgehead atoms. The maximum Gasteiger partial charge on any atom is 0.138 e. The lowest BCUT2D eigenvalue weighted by atomic mass is 9.73. The molecule has 0 saturated carbocycles. The Bertz CT molecular complexity index is 2550. The summed E-state index contributed by atoms with van der Waals surface area (Å²) in [7, 11) is 0. The van der Waals surface area contributed by atoms with Gasteiger partial charge in [-0.25, -0.2) is 0 Å². The summed E-state index contributed by atoms with van der Waals surface area (Å²) >= 11 is 0. The summed E-state index contributed by atoms with van der Waals surface area (Å²) < 4.78 is 6.85. The van der Waals surface area contributed by atoms with Crippen molar-refractivity contribution in [1.82, 2.24) is 0 Å². The van der Waals surface area contributed by atoms with Crippen LogP contribution in [0, 0.1) is 5.92 Å². The van der Waals surface area contributed by atoms with Crippen LogP contribution in [0.25, 0.3) is 39.5 Å². The van der Waals surface area contributed by atoms with Gasteiger partial charge < -0.3 is 9.32 Å². The Morgan fingerprint density at radius 2 is 0.944 bits per heavy atom. The van der Waals surface area contributed by atoms with Crippen LogP contribution in [0.5, 0.6) is 0 Å².